The molecule has 65 heavy (non-hydrogen) atoms. The molecule has 12 aromatic rings. The second-order valence-electron chi connectivity index (χ2n) is 16.4. The van der Waals surface area contributed by atoms with Crippen molar-refractivity contribution in [2.24, 2.45) is 0 Å². The standard InChI is InChI=1S/C38H29NO.C13H10O.C11H10/c1-3-5-6-13-26(4-2)27-14-11-15-28(24-27)29-22-23-34-32(25-29)30-16-7-9-18-33(30)39(34)35-19-12-21-37-38(35)31-17-8-10-20-36(31)40-37;1-9-5-4-8-12-13(9)10-6-2-3-7-11(10)14-12;1-9-5-4-7-10-6-2-3-8-11(9)10/h3-25H,1-2H3;2-8H,1H3;2-8H,1H3/b5-3-,13-6-,26-4-;;. The van der Waals surface area contributed by atoms with E-state index < -0.39 is 0 Å². The summed E-state index contributed by atoms with van der Waals surface area (Å²) in [5.74, 6) is 0. The Kier molecular flexibility index (Phi) is 11.3. The van der Waals surface area contributed by atoms with E-state index in [9.17, 15) is 0 Å². The van der Waals surface area contributed by atoms with Crippen LogP contribution in [0.5, 0.6) is 0 Å². The number of fused-ring (bicyclic) bond motifs is 10. The van der Waals surface area contributed by atoms with Crippen LogP contribution >= 0.6 is 0 Å². The van der Waals surface area contributed by atoms with E-state index in [2.05, 4.69) is 201 Å². The summed E-state index contributed by atoms with van der Waals surface area (Å²) in [5, 5.41) is 9.88. The third kappa shape index (κ3) is 7.83. The summed E-state index contributed by atoms with van der Waals surface area (Å²) in [6.45, 7) is 8.38. The van der Waals surface area contributed by atoms with Crippen molar-refractivity contribution in [3.8, 4) is 16.8 Å². The Bertz CT molecular complexity index is 3770. The monoisotopic (exact) mass is 839 g/mol. The largest absolute Gasteiger partial charge is 0.456 e. The second kappa shape index (κ2) is 17.9. The van der Waals surface area contributed by atoms with Crippen molar-refractivity contribution in [1.29, 1.82) is 0 Å². The van der Waals surface area contributed by atoms with Crippen LogP contribution < -0.4 is 0 Å². The number of hydrogen-bond acceptors (Lipinski definition) is 2. The molecule has 12 rings (SSSR count). The summed E-state index contributed by atoms with van der Waals surface area (Å²) in [5.41, 5.74) is 14.7. The fourth-order valence-corrected chi connectivity index (χ4v) is 9.20. The van der Waals surface area contributed by atoms with Gasteiger partial charge in [-0.25, -0.2) is 0 Å². The molecule has 3 nitrogen and oxygen atoms in total. The molecule has 0 atom stereocenters. The first-order chi connectivity index (χ1) is 32.0. The number of rotatable bonds is 5. The summed E-state index contributed by atoms with van der Waals surface area (Å²) >= 11 is 0. The molecular weight excluding hydrogens is 791 g/mol. The molecule has 0 radical (unpaired) electrons. The molecule has 3 aromatic heterocycles. The van der Waals surface area contributed by atoms with Gasteiger partial charge in [0.15, 0.2) is 0 Å². The van der Waals surface area contributed by atoms with E-state index in [0.717, 1.165) is 38.8 Å². The Morgan fingerprint density at radius 1 is 0.431 bits per heavy atom. The second-order valence-corrected chi connectivity index (χ2v) is 16.4. The Hall–Kier alpha value is -8.14. The molecule has 0 aliphatic rings. The lowest BCUT2D eigenvalue weighted by Crippen LogP contribution is -1.94. The van der Waals surface area contributed by atoms with Gasteiger partial charge < -0.3 is 13.4 Å². The quantitative estimate of drug-likeness (QED) is 0.162. The van der Waals surface area contributed by atoms with Crippen LogP contribution in [-0.2, 0) is 0 Å². The van der Waals surface area contributed by atoms with Gasteiger partial charge >= 0.3 is 0 Å². The van der Waals surface area contributed by atoms with E-state index in [1.54, 1.807) is 0 Å². The fourth-order valence-electron chi connectivity index (χ4n) is 9.20. The van der Waals surface area contributed by atoms with Crippen LogP contribution in [0.4, 0.5) is 0 Å². The molecule has 314 valence electrons. The predicted octanol–water partition coefficient (Wildman–Crippen LogP) is 17.9. The van der Waals surface area contributed by atoms with Crippen LogP contribution in [0, 0.1) is 13.8 Å². The van der Waals surface area contributed by atoms with Gasteiger partial charge in [-0.05, 0) is 126 Å². The molecule has 0 saturated carbocycles. The summed E-state index contributed by atoms with van der Waals surface area (Å²) in [6.07, 6.45) is 10.5. The summed E-state index contributed by atoms with van der Waals surface area (Å²) < 4.78 is 14.4. The summed E-state index contributed by atoms with van der Waals surface area (Å²) in [7, 11) is 0. The minimum absolute atomic E-state index is 0.904. The number of allylic oxidation sites excluding steroid dienone is 6. The van der Waals surface area contributed by atoms with Crippen molar-refractivity contribution in [1.82, 2.24) is 4.57 Å². The zero-order valence-electron chi connectivity index (χ0n) is 37.1. The number of benzene rings is 9. The Labute approximate surface area is 379 Å². The van der Waals surface area contributed by atoms with Gasteiger partial charge in [-0.3, -0.25) is 0 Å². The van der Waals surface area contributed by atoms with Gasteiger partial charge in [0.1, 0.15) is 22.3 Å². The zero-order valence-corrected chi connectivity index (χ0v) is 37.1. The molecule has 0 amide bonds. The zero-order chi connectivity index (χ0) is 44.3. The van der Waals surface area contributed by atoms with Crippen LogP contribution in [0.1, 0.15) is 30.5 Å². The molecule has 0 bridgehead atoms. The van der Waals surface area contributed by atoms with Crippen molar-refractivity contribution in [3.63, 3.8) is 0 Å². The van der Waals surface area contributed by atoms with Gasteiger partial charge in [-0.15, -0.1) is 0 Å². The average molecular weight is 840 g/mol. The molecular formula is C62H49NO2. The fraction of sp³-hybridized carbons (Fsp3) is 0.0645. The van der Waals surface area contributed by atoms with Gasteiger partial charge in [-0.1, -0.05) is 170 Å². The van der Waals surface area contributed by atoms with Crippen LogP contribution in [0.2, 0.25) is 0 Å². The number of aryl methyl sites for hydroxylation is 2. The van der Waals surface area contributed by atoms with Crippen molar-refractivity contribution in [2.45, 2.75) is 27.7 Å². The summed E-state index contributed by atoms with van der Waals surface area (Å²) in [6, 6.07) is 68.1. The number of nitrogens with zero attached hydrogens (tertiary/aromatic N) is 1. The number of para-hydroxylation sites is 3. The van der Waals surface area contributed by atoms with E-state index in [1.165, 1.54) is 76.7 Å². The first-order valence-corrected chi connectivity index (χ1v) is 22.3. The SMILES string of the molecule is C\C=C/C=C\C(=C\C)c1cccc(-c2ccc3c(c2)c2ccccc2n3-c2cccc3oc4ccccc4c23)c1.Cc1cccc2ccccc12.Cc1cccc2oc3ccccc3c12. The maximum Gasteiger partial charge on any atom is 0.137 e. The maximum absolute atomic E-state index is 6.24. The maximum atomic E-state index is 6.24. The topological polar surface area (TPSA) is 31.2 Å². The minimum atomic E-state index is 0.904. The smallest absolute Gasteiger partial charge is 0.137 e. The minimum Gasteiger partial charge on any atom is -0.456 e. The average Bonchev–Trinajstić information content (AvgIpc) is 4.04. The lowest BCUT2D eigenvalue weighted by atomic mass is 9.97. The van der Waals surface area contributed by atoms with Crippen molar-refractivity contribution in [2.75, 3.05) is 0 Å². The van der Waals surface area contributed by atoms with Gasteiger partial charge in [0.25, 0.3) is 0 Å². The van der Waals surface area contributed by atoms with Crippen LogP contribution in [-0.4, -0.2) is 4.57 Å². The van der Waals surface area contributed by atoms with E-state index in [1.807, 2.05) is 55.5 Å². The lowest BCUT2D eigenvalue weighted by molar-refractivity contribution is 0.668. The predicted molar refractivity (Wildman–Crippen MR) is 278 cm³/mol. The van der Waals surface area contributed by atoms with Crippen LogP contribution in [0.3, 0.4) is 0 Å². The van der Waals surface area contributed by atoms with Crippen LogP contribution in [0.15, 0.2) is 233 Å². The van der Waals surface area contributed by atoms with Crippen molar-refractivity contribution < 1.29 is 8.83 Å². The van der Waals surface area contributed by atoms with E-state index in [4.69, 9.17) is 8.83 Å². The highest BCUT2D eigenvalue weighted by molar-refractivity contribution is 6.15. The number of hydrogen-bond donors (Lipinski definition) is 0. The highest BCUT2D eigenvalue weighted by atomic mass is 16.3. The summed E-state index contributed by atoms with van der Waals surface area (Å²) in [4.78, 5) is 0. The third-order valence-corrected chi connectivity index (χ3v) is 12.3. The molecule has 0 aliphatic heterocycles. The van der Waals surface area contributed by atoms with Crippen molar-refractivity contribution in [3.05, 3.63) is 241 Å². The number of aromatic nitrogens is 1. The molecule has 0 aliphatic carbocycles. The first kappa shape index (κ1) is 40.9. The van der Waals surface area contributed by atoms with Crippen molar-refractivity contribution >= 4 is 82.0 Å². The van der Waals surface area contributed by atoms with Gasteiger partial charge in [0, 0.05) is 26.9 Å². The normalized spacial score (nSPS) is 12.0. The molecule has 0 fully saturated rings. The van der Waals surface area contributed by atoms with E-state index in [-0.39, 0.29) is 0 Å². The highest BCUT2D eigenvalue weighted by Gasteiger charge is 2.18. The Balaban J connectivity index is 0.000000160. The third-order valence-electron chi connectivity index (χ3n) is 12.3. The molecule has 0 unspecified atom stereocenters. The molecule has 3 heteroatoms. The van der Waals surface area contributed by atoms with Gasteiger partial charge in [0.05, 0.1) is 22.1 Å². The molecule has 0 N–H and O–H groups in total. The highest BCUT2D eigenvalue weighted by Crippen LogP contribution is 2.40. The molecule has 3 heterocycles. The Morgan fingerprint density at radius 2 is 1.00 bits per heavy atom. The molecule has 0 saturated heterocycles. The van der Waals surface area contributed by atoms with Gasteiger partial charge in [0.2, 0.25) is 0 Å². The lowest BCUT2D eigenvalue weighted by Gasteiger charge is -2.10. The molecule has 0 spiro atoms. The van der Waals surface area contributed by atoms with E-state index in [0.29, 0.717) is 0 Å². The Morgan fingerprint density at radius 3 is 1.75 bits per heavy atom. The van der Waals surface area contributed by atoms with Crippen LogP contribution in [0.25, 0.3) is 98.8 Å². The number of furan rings is 2. The molecule has 9 aromatic carbocycles. The van der Waals surface area contributed by atoms with E-state index >= 15 is 0 Å². The first-order valence-electron chi connectivity index (χ1n) is 22.3. The van der Waals surface area contributed by atoms with Gasteiger partial charge in [-0.2, -0.15) is 0 Å².